The Morgan fingerprint density at radius 2 is 0.836 bits per heavy atom. The smallest absolute Gasteiger partial charge is 0.0720 e. The summed E-state index contributed by atoms with van der Waals surface area (Å²) in [6.07, 6.45) is 0. The van der Waals surface area contributed by atoms with E-state index in [1.54, 1.807) is 0 Å². The van der Waals surface area contributed by atoms with Crippen molar-refractivity contribution in [1.82, 2.24) is 4.57 Å². The first-order valence-electron chi connectivity index (χ1n) is 21.3. The molecule has 13 rings (SSSR count). The second-order valence-corrected chi connectivity index (χ2v) is 16.7. The van der Waals surface area contributed by atoms with Crippen LogP contribution in [-0.2, 0) is 10.8 Å². The van der Waals surface area contributed by atoms with Crippen molar-refractivity contribution in [1.29, 1.82) is 0 Å². The van der Waals surface area contributed by atoms with Crippen LogP contribution in [0.25, 0.3) is 60.5 Å². The van der Waals surface area contributed by atoms with Crippen LogP contribution in [0.1, 0.15) is 44.5 Å². The molecule has 2 aliphatic rings. The normalized spacial score (nSPS) is 17.3. The lowest BCUT2D eigenvalue weighted by molar-refractivity contribution is 0.627. The maximum Gasteiger partial charge on any atom is 0.0720 e. The summed E-state index contributed by atoms with van der Waals surface area (Å²) in [5, 5.41) is 4.98. The van der Waals surface area contributed by atoms with Crippen LogP contribution < -0.4 is 0 Å². The summed E-state index contributed by atoms with van der Waals surface area (Å²) in [4.78, 5) is 0. The fourth-order valence-corrected chi connectivity index (χ4v) is 11.6. The van der Waals surface area contributed by atoms with Gasteiger partial charge in [0.2, 0.25) is 0 Å². The lowest BCUT2D eigenvalue weighted by Gasteiger charge is -2.50. The van der Waals surface area contributed by atoms with Gasteiger partial charge in [-0.15, -0.1) is 0 Å². The molecule has 10 aromatic carbocycles. The molecule has 0 saturated heterocycles. The number of rotatable bonds is 5. The third-order valence-corrected chi connectivity index (χ3v) is 13.9. The van der Waals surface area contributed by atoms with Gasteiger partial charge in [0, 0.05) is 16.5 Å². The van der Waals surface area contributed by atoms with Crippen LogP contribution in [0.15, 0.2) is 237 Å². The fraction of sp³-hybridized carbons (Fsp3) is 0.0333. The van der Waals surface area contributed by atoms with E-state index in [1.807, 2.05) is 0 Å². The highest BCUT2D eigenvalue weighted by molar-refractivity contribution is 6.11. The van der Waals surface area contributed by atoms with Gasteiger partial charge in [-0.2, -0.15) is 0 Å². The standard InChI is InChI=1S/C60H39N/c1-3-20-43(21-4-1)59(53-30-14-15-31-54(53)60(44-22-5-2-6-23-44)52-29-13-10-25-47(52)49-27-17-32-55(59)58(49)60)51-28-12-9-24-46(51)42-35-37-57-50(39-42)48-26-11-16-33-56(48)61(57)45-36-34-40-18-7-8-19-41(40)38-45/h1-39H. The average Bonchev–Trinajstić information content (AvgIpc) is 3.84. The first-order chi connectivity index (χ1) is 30.3. The summed E-state index contributed by atoms with van der Waals surface area (Å²) in [6, 6.07) is 88.7. The van der Waals surface area contributed by atoms with Crippen molar-refractivity contribution in [2.75, 3.05) is 0 Å². The third kappa shape index (κ3) is 4.50. The minimum absolute atomic E-state index is 0.489. The van der Waals surface area contributed by atoms with E-state index in [0.717, 1.165) is 0 Å². The maximum atomic E-state index is 2.45. The Kier molecular flexibility index (Phi) is 7.21. The van der Waals surface area contributed by atoms with E-state index in [-0.39, 0.29) is 0 Å². The quantitative estimate of drug-likeness (QED) is 0.164. The van der Waals surface area contributed by atoms with Crippen LogP contribution >= 0.6 is 0 Å². The van der Waals surface area contributed by atoms with Gasteiger partial charge >= 0.3 is 0 Å². The largest absolute Gasteiger partial charge is 0.309 e. The molecule has 2 atom stereocenters. The van der Waals surface area contributed by atoms with Crippen LogP contribution in [0.5, 0.6) is 0 Å². The van der Waals surface area contributed by atoms with E-state index in [1.165, 1.54) is 105 Å². The highest BCUT2D eigenvalue weighted by Gasteiger charge is 2.57. The van der Waals surface area contributed by atoms with Crippen molar-refractivity contribution >= 4 is 32.6 Å². The molecule has 61 heavy (non-hydrogen) atoms. The number of para-hydroxylation sites is 1. The second-order valence-electron chi connectivity index (χ2n) is 16.7. The number of nitrogens with zero attached hydrogens (tertiary/aromatic N) is 1. The number of aromatic nitrogens is 1. The Hall–Kier alpha value is -7.74. The van der Waals surface area contributed by atoms with Gasteiger partial charge in [-0.05, 0) is 108 Å². The molecular weight excluding hydrogens is 735 g/mol. The van der Waals surface area contributed by atoms with Gasteiger partial charge in [0.25, 0.3) is 0 Å². The Morgan fingerprint density at radius 1 is 0.295 bits per heavy atom. The van der Waals surface area contributed by atoms with E-state index in [0.29, 0.717) is 0 Å². The van der Waals surface area contributed by atoms with Crippen molar-refractivity contribution in [2.24, 2.45) is 0 Å². The van der Waals surface area contributed by atoms with Gasteiger partial charge in [-0.1, -0.05) is 206 Å². The van der Waals surface area contributed by atoms with Crippen LogP contribution in [-0.4, -0.2) is 4.57 Å². The van der Waals surface area contributed by atoms with Crippen LogP contribution in [0.4, 0.5) is 0 Å². The summed E-state index contributed by atoms with van der Waals surface area (Å²) in [7, 11) is 0. The zero-order valence-electron chi connectivity index (χ0n) is 33.5. The maximum absolute atomic E-state index is 2.45. The number of hydrogen-bond donors (Lipinski definition) is 0. The molecule has 1 heterocycles. The predicted molar refractivity (Wildman–Crippen MR) is 253 cm³/mol. The molecule has 1 aromatic heterocycles. The van der Waals surface area contributed by atoms with Gasteiger partial charge in [-0.3, -0.25) is 0 Å². The molecule has 11 aromatic rings. The molecule has 0 saturated carbocycles. The Labute approximate surface area is 355 Å². The highest BCUT2D eigenvalue weighted by Crippen LogP contribution is 2.66. The monoisotopic (exact) mass is 773 g/mol. The van der Waals surface area contributed by atoms with E-state index in [4.69, 9.17) is 0 Å². The van der Waals surface area contributed by atoms with Crippen molar-refractivity contribution in [3.05, 3.63) is 281 Å². The van der Waals surface area contributed by atoms with E-state index in [2.05, 4.69) is 241 Å². The molecule has 2 unspecified atom stereocenters. The van der Waals surface area contributed by atoms with Crippen LogP contribution in [0, 0.1) is 0 Å². The van der Waals surface area contributed by atoms with Gasteiger partial charge in [0.1, 0.15) is 0 Å². The molecule has 0 fully saturated rings. The zero-order valence-corrected chi connectivity index (χ0v) is 33.5. The van der Waals surface area contributed by atoms with Crippen molar-refractivity contribution in [3.8, 4) is 27.9 Å². The summed E-state index contributed by atoms with van der Waals surface area (Å²) in [5.74, 6) is 0. The van der Waals surface area contributed by atoms with E-state index < -0.39 is 10.8 Å². The zero-order chi connectivity index (χ0) is 40.1. The Morgan fingerprint density at radius 3 is 1.61 bits per heavy atom. The molecular formula is C60H39N. The molecule has 0 bridgehead atoms. The summed E-state index contributed by atoms with van der Waals surface area (Å²) in [5.41, 5.74) is 18.0. The Bertz CT molecular complexity index is 3540. The molecule has 1 nitrogen and oxygen atoms in total. The molecule has 0 N–H and O–H groups in total. The summed E-state index contributed by atoms with van der Waals surface area (Å²) >= 11 is 0. The minimum atomic E-state index is -0.645. The predicted octanol–water partition coefficient (Wildman–Crippen LogP) is 14.7. The van der Waals surface area contributed by atoms with E-state index in [9.17, 15) is 0 Å². The van der Waals surface area contributed by atoms with Crippen molar-refractivity contribution < 1.29 is 0 Å². The Balaban J connectivity index is 1.12. The number of benzene rings is 10. The molecule has 1 heteroatoms. The van der Waals surface area contributed by atoms with Gasteiger partial charge in [0.05, 0.1) is 21.9 Å². The van der Waals surface area contributed by atoms with Gasteiger partial charge < -0.3 is 4.57 Å². The SMILES string of the molecule is c1ccc(C2(c3ccccc3-c3ccc4c(c3)c3ccccc3n4-c3ccc4ccccc4c3)c3ccccc3C3(c4ccccc4)c4ccccc4-c4cccc2c43)cc1. The van der Waals surface area contributed by atoms with E-state index >= 15 is 0 Å². The molecule has 2 aliphatic carbocycles. The molecule has 284 valence electrons. The van der Waals surface area contributed by atoms with Crippen LogP contribution in [0.3, 0.4) is 0 Å². The highest BCUT2D eigenvalue weighted by atomic mass is 15.0. The molecule has 0 spiro atoms. The average molecular weight is 774 g/mol. The van der Waals surface area contributed by atoms with Crippen LogP contribution in [0.2, 0.25) is 0 Å². The third-order valence-electron chi connectivity index (χ3n) is 13.9. The van der Waals surface area contributed by atoms with Gasteiger partial charge in [0.15, 0.2) is 0 Å². The first kappa shape index (κ1) is 34.2. The topological polar surface area (TPSA) is 4.93 Å². The first-order valence-corrected chi connectivity index (χ1v) is 21.3. The van der Waals surface area contributed by atoms with Crippen molar-refractivity contribution in [3.63, 3.8) is 0 Å². The van der Waals surface area contributed by atoms with Gasteiger partial charge in [-0.25, -0.2) is 0 Å². The summed E-state index contributed by atoms with van der Waals surface area (Å²) in [6.45, 7) is 0. The fourth-order valence-electron chi connectivity index (χ4n) is 11.6. The molecule has 0 radical (unpaired) electrons. The minimum Gasteiger partial charge on any atom is -0.309 e. The lowest BCUT2D eigenvalue weighted by Crippen LogP contribution is -2.44. The molecule has 0 amide bonds. The second kappa shape index (κ2) is 12.9. The number of hydrogen-bond acceptors (Lipinski definition) is 0. The number of fused-ring (bicyclic) bond motifs is 9. The van der Waals surface area contributed by atoms with Crippen molar-refractivity contribution in [2.45, 2.75) is 10.8 Å². The lowest BCUT2D eigenvalue weighted by atomic mass is 9.51. The summed E-state index contributed by atoms with van der Waals surface area (Å²) < 4.78 is 2.43. The molecule has 0 aliphatic heterocycles.